The molecular weight excluding hydrogens is 487 g/mol. The first-order valence-electron chi connectivity index (χ1n) is 12.1. The third-order valence-corrected chi connectivity index (χ3v) is 8.02. The number of morpholine rings is 1. The third kappa shape index (κ3) is 6.18. The van der Waals surface area contributed by atoms with E-state index in [4.69, 9.17) is 27.9 Å². The average Bonchev–Trinajstić information content (AvgIpc) is 2.84. The molecule has 1 amide bonds. The minimum atomic E-state index is -0.967. The Hall–Kier alpha value is -2.12. The van der Waals surface area contributed by atoms with Crippen molar-refractivity contribution < 1.29 is 19.4 Å². The van der Waals surface area contributed by atoms with E-state index in [-0.39, 0.29) is 35.8 Å². The van der Waals surface area contributed by atoms with Gasteiger partial charge in [-0.3, -0.25) is 9.59 Å². The zero-order chi connectivity index (χ0) is 25.0. The monoisotopic (exact) mass is 518 g/mol. The van der Waals surface area contributed by atoms with Crippen molar-refractivity contribution in [3.63, 3.8) is 0 Å². The molecule has 0 unspecified atom stereocenters. The quantitative estimate of drug-likeness (QED) is 0.467. The zero-order valence-corrected chi connectivity index (χ0v) is 21.3. The Bertz CT molecular complexity index is 1040. The van der Waals surface area contributed by atoms with Gasteiger partial charge in [0.25, 0.3) is 0 Å². The summed E-state index contributed by atoms with van der Waals surface area (Å²) in [5.74, 6) is -1.76. The van der Waals surface area contributed by atoms with Crippen LogP contribution in [0.15, 0.2) is 48.5 Å². The Morgan fingerprint density at radius 3 is 2.60 bits per heavy atom. The predicted octanol–water partition coefficient (Wildman–Crippen LogP) is 4.78. The lowest BCUT2D eigenvalue weighted by Gasteiger charge is -2.43. The van der Waals surface area contributed by atoms with Gasteiger partial charge < -0.3 is 20.5 Å². The lowest BCUT2D eigenvalue weighted by molar-refractivity contribution is -0.142. The van der Waals surface area contributed by atoms with Gasteiger partial charge in [-0.25, -0.2) is 0 Å². The van der Waals surface area contributed by atoms with Crippen LogP contribution in [0.1, 0.15) is 49.7 Å². The number of carboxylic acids is 1. The first-order chi connectivity index (χ1) is 16.8. The molecule has 188 valence electrons. The average molecular weight is 519 g/mol. The summed E-state index contributed by atoms with van der Waals surface area (Å²) < 4.78 is 6.21. The van der Waals surface area contributed by atoms with E-state index in [1.54, 1.807) is 0 Å². The van der Waals surface area contributed by atoms with Crippen LogP contribution < -0.4 is 10.6 Å². The van der Waals surface area contributed by atoms with E-state index >= 15 is 0 Å². The van der Waals surface area contributed by atoms with Crippen molar-refractivity contribution in [3.8, 4) is 0 Å². The van der Waals surface area contributed by atoms with Crippen LogP contribution in [0.4, 0.5) is 0 Å². The van der Waals surface area contributed by atoms with Gasteiger partial charge in [-0.1, -0.05) is 54.4 Å². The molecule has 2 saturated heterocycles. The van der Waals surface area contributed by atoms with Gasteiger partial charge >= 0.3 is 5.97 Å². The highest BCUT2D eigenvalue weighted by molar-refractivity contribution is 6.30. The normalized spacial score (nSPS) is 26.5. The van der Waals surface area contributed by atoms with E-state index in [9.17, 15) is 14.7 Å². The van der Waals surface area contributed by atoms with Gasteiger partial charge in [0.1, 0.15) is 0 Å². The largest absolute Gasteiger partial charge is 0.481 e. The van der Waals surface area contributed by atoms with Gasteiger partial charge in [0, 0.05) is 46.4 Å². The first-order valence-corrected chi connectivity index (χ1v) is 12.9. The molecule has 35 heavy (non-hydrogen) atoms. The summed E-state index contributed by atoms with van der Waals surface area (Å²) in [7, 11) is 0. The van der Waals surface area contributed by atoms with Gasteiger partial charge in [0.15, 0.2) is 0 Å². The maximum Gasteiger partial charge on any atom is 0.304 e. The molecule has 3 N–H and O–H groups in total. The van der Waals surface area contributed by atoms with Crippen LogP contribution in [-0.2, 0) is 19.7 Å². The molecule has 4 rings (SSSR count). The predicted molar refractivity (Wildman–Crippen MR) is 137 cm³/mol. The smallest absolute Gasteiger partial charge is 0.304 e. The van der Waals surface area contributed by atoms with Crippen molar-refractivity contribution in [3.05, 3.63) is 69.7 Å². The number of carboxylic acid groups (broad SMARTS) is 1. The number of rotatable bonds is 8. The number of ether oxygens (including phenoxy) is 1. The first kappa shape index (κ1) is 26.0. The number of carbonyl (C=O) groups is 2. The second kappa shape index (κ2) is 11.3. The van der Waals surface area contributed by atoms with E-state index in [0.717, 1.165) is 30.6 Å². The maximum absolute atomic E-state index is 12.9. The molecule has 0 aromatic heterocycles. The minimum Gasteiger partial charge on any atom is -0.481 e. The van der Waals surface area contributed by atoms with Crippen molar-refractivity contribution in [1.82, 2.24) is 10.6 Å². The van der Waals surface area contributed by atoms with Gasteiger partial charge in [-0.05, 0) is 54.7 Å². The summed E-state index contributed by atoms with van der Waals surface area (Å²) in [5.41, 5.74) is 1.85. The minimum absolute atomic E-state index is 0.0268. The van der Waals surface area contributed by atoms with Crippen molar-refractivity contribution in [2.45, 2.75) is 56.1 Å². The Kier molecular flexibility index (Phi) is 8.38. The topological polar surface area (TPSA) is 87.7 Å². The molecule has 0 aliphatic carbocycles. The van der Waals surface area contributed by atoms with E-state index < -0.39 is 11.9 Å². The van der Waals surface area contributed by atoms with Gasteiger partial charge in [-0.15, -0.1) is 0 Å². The summed E-state index contributed by atoms with van der Waals surface area (Å²) in [6, 6.07) is 15.4. The molecule has 2 aliphatic heterocycles. The van der Waals surface area contributed by atoms with Gasteiger partial charge in [-0.2, -0.15) is 0 Å². The Morgan fingerprint density at radius 1 is 1.17 bits per heavy atom. The van der Waals surface area contributed by atoms with Crippen LogP contribution in [-0.4, -0.2) is 48.8 Å². The van der Waals surface area contributed by atoms with Crippen molar-refractivity contribution >= 4 is 35.1 Å². The summed E-state index contributed by atoms with van der Waals surface area (Å²) >= 11 is 12.5. The fourth-order valence-electron chi connectivity index (χ4n) is 5.50. The number of piperidine rings is 1. The van der Waals surface area contributed by atoms with Crippen molar-refractivity contribution in [1.29, 1.82) is 0 Å². The fourth-order valence-corrected chi connectivity index (χ4v) is 5.82. The number of aliphatic carboxylic acids is 1. The fraction of sp³-hybridized carbons (Fsp3) is 0.481. The van der Waals surface area contributed by atoms with Gasteiger partial charge in [0.05, 0.1) is 19.1 Å². The number of amides is 1. The lowest BCUT2D eigenvalue weighted by Crippen LogP contribution is -2.52. The molecule has 6 nitrogen and oxygen atoms in total. The number of carbonyl (C=O) groups excluding carboxylic acids is 1. The Labute approximate surface area is 216 Å². The van der Waals surface area contributed by atoms with Crippen LogP contribution in [0.25, 0.3) is 0 Å². The number of halogens is 2. The van der Waals surface area contributed by atoms with E-state index in [1.807, 2.05) is 36.4 Å². The second-order valence-electron chi connectivity index (χ2n) is 9.83. The zero-order valence-electron chi connectivity index (χ0n) is 19.8. The van der Waals surface area contributed by atoms with Crippen molar-refractivity contribution in [2.75, 3.05) is 19.7 Å². The molecular formula is C27H32Cl2N2O4. The number of hydrogen-bond donors (Lipinski definition) is 3. The molecule has 0 bridgehead atoms. The second-order valence-corrected chi connectivity index (χ2v) is 10.7. The molecule has 5 atom stereocenters. The SMILES string of the molecule is C[C@@](CC[C@@H]1NC(=O)[C@@H](CC(=O)O)C[C@@H]1c1cccc(Cl)c1)(c1ccc(Cl)cc1)[C@@H]1CNCCO1. The molecule has 2 heterocycles. The van der Waals surface area contributed by atoms with Crippen LogP contribution >= 0.6 is 23.2 Å². The van der Waals surface area contributed by atoms with E-state index in [2.05, 4.69) is 29.7 Å². The molecule has 8 heteroatoms. The molecule has 2 aliphatic rings. The maximum atomic E-state index is 12.9. The van der Waals surface area contributed by atoms with Gasteiger partial charge in [0.2, 0.25) is 5.91 Å². The van der Waals surface area contributed by atoms with Crippen LogP contribution in [0, 0.1) is 5.92 Å². The summed E-state index contributed by atoms with van der Waals surface area (Å²) in [6.45, 7) is 4.43. The van der Waals surface area contributed by atoms with E-state index in [1.165, 1.54) is 0 Å². The van der Waals surface area contributed by atoms with Crippen LogP contribution in [0.2, 0.25) is 10.0 Å². The van der Waals surface area contributed by atoms with Crippen LogP contribution in [0.3, 0.4) is 0 Å². The molecule has 0 spiro atoms. The number of benzene rings is 2. The highest BCUT2D eigenvalue weighted by Gasteiger charge is 2.42. The third-order valence-electron chi connectivity index (χ3n) is 7.54. The van der Waals surface area contributed by atoms with Crippen LogP contribution in [0.5, 0.6) is 0 Å². The Balaban J connectivity index is 1.60. The molecule has 0 saturated carbocycles. The summed E-state index contributed by atoms with van der Waals surface area (Å²) in [5, 5.41) is 17.2. The summed E-state index contributed by atoms with van der Waals surface area (Å²) in [4.78, 5) is 24.2. The standard InChI is InChI=1S/C27H32Cl2N2O4/c1-27(24-16-30-11-12-35-24,19-5-7-20(28)8-6-19)10-9-23-22(17-3-2-4-21(29)13-17)14-18(15-25(32)33)26(34)31-23/h2-8,13,18,22-24,30H,9-12,14-16H2,1H3,(H,31,34)(H,32,33)/t18-,22-,23+,24+,27-/m1/s1. The highest BCUT2D eigenvalue weighted by atomic mass is 35.5. The molecule has 0 radical (unpaired) electrons. The number of nitrogens with one attached hydrogen (secondary N) is 2. The summed E-state index contributed by atoms with van der Waals surface area (Å²) in [6.07, 6.45) is 1.75. The molecule has 2 aromatic rings. The van der Waals surface area contributed by atoms with Crippen molar-refractivity contribution in [2.24, 2.45) is 5.92 Å². The number of hydrogen-bond acceptors (Lipinski definition) is 4. The molecule has 2 aromatic carbocycles. The lowest BCUT2D eigenvalue weighted by atomic mass is 9.70. The Morgan fingerprint density at radius 2 is 1.94 bits per heavy atom. The highest BCUT2D eigenvalue weighted by Crippen LogP contribution is 2.40. The molecule has 2 fully saturated rings. The van der Waals surface area contributed by atoms with E-state index in [0.29, 0.717) is 29.5 Å².